The minimum absolute atomic E-state index is 0.346. The van der Waals surface area contributed by atoms with Gasteiger partial charge in [-0.3, -0.25) is 27.1 Å². The Balaban J connectivity index is 3.53. The van der Waals surface area contributed by atoms with Gasteiger partial charge in [-0.1, -0.05) is 77.0 Å². The molecule has 0 N–H and O–H groups in total. The van der Waals surface area contributed by atoms with Gasteiger partial charge in [0.25, 0.3) is 0 Å². The Hall–Kier alpha value is 0.140. The maximum atomic E-state index is 12.4. The number of likely N-dealkylation sites (N-methyl/N-ethyl adjacent to an activating group) is 2. The van der Waals surface area contributed by atoms with Crippen molar-refractivity contribution in [2.24, 2.45) is 0 Å². The molecule has 0 fully saturated rings. The quantitative estimate of drug-likeness (QED) is 0.0486. The highest BCUT2D eigenvalue weighted by Crippen LogP contribution is 2.49. The highest BCUT2D eigenvalue weighted by Gasteiger charge is 2.26. The first-order valence-electron chi connectivity index (χ1n) is 15.2. The summed E-state index contributed by atoms with van der Waals surface area (Å²) in [4.78, 5) is 0. The lowest BCUT2D eigenvalue weighted by atomic mass is 10.0. The second-order valence-corrected chi connectivity index (χ2v) is 16.1. The largest absolute Gasteiger partial charge is 0.474 e. The number of rotatable bonds is 29. The molecule has 2 unspecified atom stereocenters. The number of unbranched alkanes of at least 4 members (excludes halogenated alkanes) is 13. The van der Waals surface area contributed by atoms with Crippen molar-refractivity contribution >= 4 is 15.6 Å². The molecule has 0 amide bonds. The third kappa shape index (κ3) is 25.8. The van der Waals surface area contributed by atoms with Gasteiger partial charge in [-0.05, 0) is 12.8 Å². The van der Waals surface area contributed by atoms with Crippen LogP contribution in [0.4, 0.5) is 0 Å². The SMILES string of the molecule is COP(=O)(OCCCCCCCCCCCCCCCCOP(=O)(OC)OCC[N+](C)(C)C)OCC[N+](C)(C)C. The van der Waals surface area contributed by atoms with Crippen LogP contribution in [-0.4, -0.2) is 105 Å². The molecule has 0 saturated heterocycles. The number of quaternary nitrogens is 2. The van der Waals surface area contributed by atoms with E-state index in [1.54, 1.807) is 0 Å². The monoisotopic (exact) mass is 618 g/mol. The standard InChI is InChI=1S/C28H64N2O8P2/c1-29(2,3)23-27-37-39(31,33-7)35-25-21-19-17-15-13-11-9-10-12-14-16-18-20-22-26-36-40(32,34-8)38-28-24-30(4,5)6/h9-28H2,1-8H3/q+2. The van der Waals surface area contributed by atoms with Crippen LogP contribution >= 0.6 is 15.6 Å². The van der Waals surface area contributed by atoms with Gasteiger partial charge >= 0.3 is 15.6 Å². The summed E-state index contributed by atoms with van der Waals surface area (Å²) >= 11 is 0. The topological polar surface area (TPSA) is 89.5 Å². The fraction of sp³-hybridized carbons (Fsp3) is 1.00. The highest BCUT2D eigenvalue weighted by atomic mass is 31.2. The van der Waals surface area contributed by atoms with Crippen LogP contribution in [0.25, 0.3) is 0 Å². The molecule has 0 saturated carbocycles. The molecule has 0 aromatic carbocycles. The second kappa shape index (κ2) is 22.6. The van der Waals surface area contributed by atoms with E-state index in [1.165, 1.54) is 78.4 Å². The van der Waals surface area contributed by atoms with Crippen molar-refractivity contribution in [3.63, 3.8) is 0 Å². The molecule has 2 atom stereocenters. The molecule has 12 heteroatoms. The Labute approximate surface area is 246 Å². The summed E-state index contributed by atoms with van der Waals surface area (Å²) in [5, 5.41) is 0. The Morgan fingerprint density at radius 1 is 0.400 bits per heavy atom. The summed E-state index contributed by atoms with van der Waals surface area (Å²) < 4.78 is 58.0. The Kier molecular flexibility index (Phi) is 22.7. The molecule has 242 valence electrons. The fourth-order valence-electron chi connectivity index (χ4n) is 3.82. The summed E-state index contributed by atoms with van der Waals surface area (Å²) in [5.74, 6) is 0. The van der Waals surface area contributed by atoms with Crippen LogP contribution in [0, 0.1) is 0 Å². The van der Waals surface area contributed by atoms with Crippen LogP contribution in [0.5, 0.6) is 0 Å². The third-order valence-corrected chi connectivity index (χ3v) is 9.40. The van der Waals surface area contributed by atoms with E-state index in [4.69, 9.17) is 27.1 Å². The average molecular weight is 619 g/mol. The van der Waals surface area contributed by atoms with Gasteiger partial charge in [0.15, 0.2) is 0 Å². The molecule has 0 aromatic heterocycles. The minimum atomic E-state index is -3.43. The summed E-state index contributed by atoms with van der Waals surface area (Å²) in [6, 6.07) is 0. The molecule has 0 radical (unpaired) electrons. The number of hydrogen-bond acceptors (Lipinski definition) is 8. The fourth-order valence-corrected chi connectivity index (χ4v) is 5.70. The first kappa shape index (κ1) is 40.1. The van der Waals surface area contributed by atoms with E-state index in [0.29, 0.717) is 26.4 Å². The van der Waals surface area contributed by atoms with E-state index in [1.807, 2.05) is 0 Å². The van der Waals surface area contributed by atoms with Gasteiger partial charge in [-0.15, -0.1) is 0 Å². The van der Waals surface area contributed by atoms with E-state index >= 15 is 0 Å². The molecule has 10 nitrogen and oxygen atoms in total. The van der Waals surface area contributed by atoms with Crippen LogP contribution in [0.15, 0.2) is 0 Å². The van der Waals surface area contributed by atoms with Crippen LogP contribution in [-0.2, 0) is 36.3 Å². The zero-order valence-corrected chi connectivity index (χ0v) is 29.0. The van der Waals surface area contributed by atoms with Gasteiger partial charge in [0.1, 0.15) is 26.3 Å². The van der Waals surface area contributed by atoms with Gasteiger partial charge < -0.3 is 8.97 Å². The molecular formula is C28H64N2O8P2+2. The normalized spacial score (nSPS) is 15.7. The summed E-state index contributed by atoms with van der Waals surface area (Å²) in [6.45, 7) is 2.98. The summed E-state index contributed by atoms with van der Waals surface area (Å²) in [6.07, 6.45) is 16.4. The second-order valence-electron chi connectivity index (χ2n) is 12.6. The zero-order chi connectivity index (χ0) is 30.4. The van der Waals surface area contributed by atoms with Crippen molar-refractivity contribution in [3.8, 4) is 0 Å². The Bertz CT molecular complexity index is 641. The first-order chi connectivity index (χ1) is 18.7. The van der Waals surface area contributed by atoms with Crippen molar-refractivity contribution < 1.29 is 45.2 Å². The van der Waals surface area contributed by atoms with Gasteiger partial charge in [0.05, 0.1) is 55.5 Å². The molecule has 0 aliphatic rings. The highest BCUT2D eigenvalue weighted by molar-refractivity contribution is 7.48. The molecule has 0 spiro atoms. The van der Waals surface area contributed by atoms with Gasteiger partial charge in [0, 0.05) is 14.2 Å². The van der Waals surface area contributed by atoms with E-state index in [0.717, 1.165) is 47.7 Å². The Morgan fingerprint density at radius 2 is 0.625 bits per heavy atom. The van der Waals surface area contributed by atoms with Gasteiger partial charge in [-0.25, -0.2) is 9.13 Å². The molecule has 0 aliphatic carbocycles. The van der Waals surface area contributed by atoms with E-state index in [2.05, 4.69) is 42.3 Å². The molecule has 0 aliphatic heterocycles. The smallest absolute Gasteiger partial charge is 0.329 e. The van der Waals surface area contributed by atoms with Crippen LogP contribution < -0.4 is 0 Å². The Morgan fingerprint density at radius 3 is 0.850 bits per heavy atom. The van der Waals surface area contributed by atoms with Crippen LogP contribution in [0.3, 0.4) is 0 Å². The minimum Gasteiger partial charge on any atom is -0.329 e. The first-order valence-corrected chi connectivity index (χ1v) is 18.2. The van der Waals surface area contributed by atoms with Crippen molar-refractivity contribution in [3.05, 3.63) is 0 Å². The molecule has 0 aromatic rings. The molecule has 40 heavy (non-hydrogen) atoms. The molecule has 0 heterocycles. The van der Waals surface area contributed by atoms with E-state index in [9.17, 15) is 9.13 Å². The lowest BCUT2D eigenvalue weighted by Crippen LogP contribution is -2.37. The average Bonchev–Trinajstić information content (AvgIpc) is 2.86. The van der Waals surface area contributed by atoms with Crippen molar-refractivity contribution in [1.82, 2.24) is 0 Å². The predicted octanol–water partition coefficient (Wildman–Crippen LogP) is 7.44. The number of nitrogens with zero attached hydrogens (tertiary/aromatic N) is 2. The molecule has 0 bridgehead atoms. The lowest BCUT2D eigenvalue weighted by molar-refractivity contribution is -0.870. The van der Waals surface area contributed by atoms with Gasteiger partial charge in [0.2, 0.25) is 0 Å². The molecule has 0 rings (SSSR count). The summed E-state index contributed by atoms with van der Waals surface area (Å²) in [5.41, 5.74) is 0. The number of phosphoric acid groups is 2. The third-order valence-electron chi connectivity index (χ3n) is 6.51. The maximum absolute atomic E-state index is 12.4. The van der Waals surface area contributed by atoms with Crippen molar-refractivity contribution in [2.45, 2.75) is 89.9 Å². The molecular weight excluding hydrogens is 554 g/mol. The lowest BCUT2D eigenvalue weighted by Gasteiger charge is -2.24. The van der Waals surface area contributed by atoms with Crippen molar-refractivity contribution in [2.75, 3.05) is 96.0 Å². The number of hydrogen-bond donors (Lipinski definition) is 0. The number of phosphoric ester groups is 2. The van der Waals surface area contributed by atoms with E-state index < -0.39 is 15.6 Å². The van der Waals surface area contributed by atoms with Crippen molar-refractivity contribution in [1.29, 1.82) is 0 Å². The van der Waals surface area contributed by atoms with Gasteiger partial charge in [-0.2, -0.15) is 0 Å². The maximum Gasteiger partial charge on any atom is 0.474 e. The van der Waals surface area contributed by atoms with Crippen LogP contribution in [0.1, 0.15) is 89.9 Å². The zero-order valence-electron chi connectivity index (χ0n) is 27.2. The predicted molar refractivity (Wildman–Crippen MR) is 163 cm³/mol. The summed E-state index contributed by atoms with van der Waals surface area (Å²) in [7, 11) is 8.23. The van der Waals surface area contributed by atoms with E-state index in [-0.39, 0.29) is 0 Å². The van der Waals surface area contributed by atoms with Crippen LogP contribution in [0.2, 0.25) is 0 Å².